The molecule has 0 unspecified atom stereocenters. The van der Waals surface area contributed by atoms with Crippen LogP contribution in [0.2, 0.25) is 0 Å². The van der Waals surface area contributed by atoms with Crippen molar-refractivity contribution in [2.45, 2.75) is 0 Å². The van der Waals surface area contributed by atoms with Crippen molar-refractivity contribution < 1.29 is 18.7 Å². The number of benzene rings is 3. The van der Waals surface area contributed by atoms with Crippen LogP contribution in [0.15, 0.2) is 75.6 Å². The number of nitrogens with one attached hydrogen (secondary N) is 2. The maximum absolute atomic E-state index is 12.2. The minimum Gasteiger partial charge on any atom is -0.497 e. The largest absolute Gasteiger partial charge is 0.497 e. The highest BCUT2D eigenvalue weighted by Gasteiger charge is 2.12. The number of halogens is 1. The number of oxazole rings is 1. The number of aromatic nitrogens is 1. The Morgan fingerprint density at radius 1 is 1.06 bits per heavy atom. The van der Waals surface area contributed by atoms with Crippen LogP contribution in [0.5, 0.6) is 11.5 Å². The Morgan fingerprint density at radius 2 is 1.85 bits per heavy atom. The van der Waals surface area contributed by atoms with Crippen LogP contribution in [0, 0.1) is 0 Å². The summed E-state index contributed by atoms with van der Waals surface area (Å²) in [7, 11) is 3.21. The summed E-state index contributed by atoms with van der Waals surface area (Å²) in [5.74, 6) is 1.61. The molecule has 0 radical (unpaired) electrons. The first kappa shape index (κ1) is 23.5. The van der Waals surface area contributed by atoms with E-state index in [1.165, 1.54) is 6.08 Å². The second-order valence-corrected chi connectivity index (χ2v) is 8.36. The summed E-state index contributed by atoms with van der Waals surface area (Å²) in [6.07, 6.45) is 3.10. The van der Waals surface area contributed by atoms with Gasteiger partial charge in [0.15, 0.2) is 10.7 Å². The lowest BCUT2D eigenvalue weighted by molar-refractivity contribution is -0.115. The monoisotopic (exact) mass is 537 g/mol. The average molecular weight is 538 g/mol. The minimum absolute atomic E-state index is 0.173. The van der Waals surface area contributed by atoms with E-state index >= 15 is 0 Å². The Kier molecular flexibility index (Phi) is 7.24. The summed E-state index contributed by atoms with van der Waals surface area (Å²) >= 11 is 8.74. The van der Waals surface area contributed by atoms with Crippen molar-refractivity contribution in [3.8, 4) is 23.0 Å². The molecule has 0 aliphatic carbocycles. The highest BCUT2D eigenvalue weighted by Crippen LogP contribution is 2.32. The maximum atomic E-state index is 12.2. The SMILES string of the molecule is COc1ccc(/C=C/C(=O)NC(=S)Nc2ccc3oc(-c4ccc(OC)c(Br)c4)nc3c2)cc1. The van der Waals surface area contributed by atoms with Gasteiger partial charge in [0.05, 0.1) is 18.7 Å². The molecular weight excluding hydrogens is 518 g/mol. The number of thiocarbonyl (C=S) groups is 1. The normalized spacial score (nSPS) is 10.9. The van der Waals surface area contributed by atoms with Crippen molar-refractivity contribution in [1.29, 1.82) is 0 Å². The fraction of sp³-hybridized carbons (Fsp3) is 0.0800. The van der Waals surface area contributed by atoms with Crippen molar-refractivity contribution in [1.82, 2.24) is 10.3 Å². The number of nitrogens with zero attached hydrogens (tertiary/aromatic N) is 1. The quantitative estimate of drug-likeness (QED) is 0.237. The molecular formula is C25H20BrN3O4S. The minimum atomic E-state index is -0.344. The van der Waals surface area contributed by atoms with Gasteiger partial charge in [0.2, 0.25) is 11.8 Å². The first-order valence-corrected chi connectivity index (χ1v) is 11.3. The molecule has 1 amide bonds. The lowest BCUT2D eigenvalue weighted by Gasteiger charge is -2.07. The van der Waals surface area contributed by atoms with E-state index in [-0.39, 0.29) is 11.0 Å². The number of methoxy groups -OCH3 is 2. The van der Waals surface area contributed by atoms with Crippen LogP contribution in [0.1, 0.15) is 5.56 Å². The molecule has 7 nitrogen and oxygen atoms in total. The van der Waals surface area contributed by atoms with Gasteiger partial charge in [0, 0.05) is 17.3 Å². The second kappa shape index (κ2) is 10.5. The Bertz CT molecular complexity index is 1380. The van der Waals surface area contributed by atoms with Crippen LogP contribution in [-0.4, -0.2) is 30.2 Å². The Morgan fingerprint density at radius 3 is 2.56 bits per heavy atom. The molecule has 0 aliphatic rings. The zero-order chi connectivity index (χ0) is 24.1. The fourth-order valence-electron chi connectivity index (χ4n) is 3.13. The van der Waals surface area contributed by atoms with E-state index in [0.29, 0.717) is 22.7 Å². The number of carbonyl (C=O) groups is 1. The fourth-order valence-corrected chi connectivity index (χ4v) is 3.89. The summed E-state index contributed by atoms with van der Waals surface area (Å²) in [6.45, 7) is 0. The van der Waals surface area contributed by atoms with Gasteiger partial charge in [0.1, 0.15) is 17.0 Å². The van der Waals surface area contributed by atoms with E-state index in [1.807, 2.05) is 42.5 Å². The lowest BCUT2D eigenvalue weighted by Crippen LogP contribution is -2.32. The first-order chi connectivity index (χ1) is 16.4. The lowest BCUT2D eigenvalue weighted by atomic mass is 10.2. The topological polar surface area (TPSA) is 85.6 Å². The highest BCUT2D eigenvalue weighted by molar-refractivity contribution is 9.10. The zero-order valence-electron chi connectivity index (χ0n) is 18.3. The molecule has 1 aromatic heterocycles. The number of rotatable bonds is 6. The Balaban J connectivity index is 1.40. The number of carbonyl (C=O) groups excluding carboxylic acids is 1. The van der Waals surface area contributed by atoms with Gasteiger partial charge >= 0.3 is 0 Å². The molecule has 9 heteroatoms. The number of hydrogen-bond donors (Lipinski definition) is 2. The molecule has 0 spiro atoms. The van der Waals surface area contributed by atoms with Crippen molar-refractivity contribution >= 4 is 62.0 Å². The predicted octanol–water partition coefficient (Wildman–Crippen LogP) is 5.80. The molecule has 172 valence electrons. The Labute approximate surface area is 209 Å². The van der Waals surface area contributed by atoms with Gasteiger partial charge < -0.3 is 19.2 Å². The maximum Gasteiger partial charge on any atom is 0.250 e. The van der Waals surface area contributed by atoms with E-state index < -0.39 is 0 Å². The van der Waals surface area contributed by atoms with Crippen LogP contribution >= 0.6 is 28.1 Å². The van der Waals surface area contributed by atoms with Crippen LogP contribution in [0.4, 0.5) is 5.69 Å². The molecule has 0 saturated carbocycles. The summed E-state index contributed by atoms with van der Waals surface area (Å²) in [4.78, 5) is 16.8. The summed E-state index contributed by atoms with van der Waals surface area (Å²) in [5, 5.41) is 5.79. The van der Waals surface area contributed by atoms with Crippen molar-refractivity contribution in [2.24, 2.45) is 0 Å². The van der Waals surface area contributed by atoms with Crippen LogP contribution < -0.4 is 20.1 Å². The molecule has 0 bridgehead atoms. The van der Waals surface area contributed by atoms with Crippen LogP contribution in [-0.2, 0) is 4.79 Å². The highest BCUT2D eigenvalue weighted by atomic mass is 79.9. The molecule has 4 aromatic rings. The van der Waals surface area contributed by atoms with Gasteiger partial charge in [0.25, 0.3) is 0 Å². The van der Waals surface area contributed by atoms with Gasteiger partial charge in [-0.1, -0.05) is 12.1 Å². The van der Waals surface area contributed by atoms with Gasteiger partial charge in [-0.15, -0.1) is 0 Å². The van der Waals surface area contributed by atoms with Crippen molar-refractivity contribution in [2.75, 3.05) is 19.5 Å². The summed E-state index contributed by atoms with van der Waals surface area (Å²) in [5.41, 5.74) is 3.63. The predicted molar refractivity (Wildman–Crippen MR) is 140 cm³/mol. The van der Waals surface area contributed by atoms with E-state index in [0.717, 1.165) is 27.1 Å². The molecule has 0 atom stereocenters. The molecule has 34 heavy (non-hydrogen) atoms. The molecule has 0 fully saturated rings. The number of ether oxygens (including phenoxy) is 2. The molecule has 2 N–H and O–H groups in total. The van der Waals surface area contributed by atoms with Gasteiger partial charge in [-0.3, -0.25) is 10.1 Å². The molecule has 4 rings (SSSR count). The van der Waals surface area contributed by atoms with E-state index in [9.17, 15) is 4.79 Å². The summed E-state index contributed by atoms with van der Waals surface area (Å²) in [6, 6.07) is 18.3. The van der Waals surface area contributed by atoms with Gasteiger partial charge in [-0.05, 0) is 88.3 Å². The molecule has 0 aliphatic heterocycles. The van der Waals surface area contributed by atoms with E-state index in [2.05, 4.69) is 31.5 Å². The number of amides is 1. The number of anilines is 1. The van der Waals surface area contributed by atoms with Gasteiger partial charge in [-0.25, -0.2) is 4.98 Å². The third kappa shape index (κ3) is 5.62. The molecule has 3 aromatic carbocycles. The average Bonchev–Trinajstić information content (AvgIpc) is 3.26. The third-order valence-electron chi connectivity index (χ3n) is 4.82. The van der Waals surface area contributed by atoms with Crippen molar-refractivity contribution in [3.05, 3.63) is 76.8 Å². The Hall–Kier alpha value is -3.69. The standard InChI is InChI=1S/C25H20BrN3O4S/c1-31-18-8-3-15(4-9-18)5-12-23(30)29-25(34)27-17-7-11-22-20(14-17)28-24(33-22)16-6-10-21(32-2)19(26)13-16/h3-14H,1-2H3,(H2,27,29,30,34)/b12-5+. The van der Waals surface area contributed by atoms with E-state index in [4.69, 9.17) is 26.1 Å². The smallest absolute Gasteiger partial charge is 0.250 e. The zero-order valence-corrected chi connectivity index (χ0v) is 20.7. The third-order valence-corrected chi connectivity index (χ3v) is 5.65. The van der Waals surface area contributed by atoms with Gasteiger partial charge in [-0.2, -0.15) is 0 Å². The molecule has 0 saturated heterocycles. The number of fused-ring (bicyclic) bond motifs is 1. The number of hydrogen-bond acceptors (Lipinski definition) is 6. The molecule has 1 heterocycles. The van der Waals surface area contributed by atoms with Crippen LogP contribution in [0.25, 0.3) is 28.6 Å². The first-order valence-electron chi connectivity index (χ1n) is 10.1. The van der Waals surface area contributed by atoms with E-state index in [1.54, 1.807) is 38.5 Å². The summed E-state index contributed by atoms with van der Waals surface area (Å²) < 4.78 is 17.1. The second-order valence-electron chi connectivity index (χ2n) is 7.10. The van der Waals surface area contributed by atoms with Crippen LogP contribution in [0.3, 0.4) is 0 Å². The van der Waals surface area contributed by atoms with Crippen molar-refractivity contribution in [3.63, 3.8) is 0 Å².